The first-order valence-electron chi connectivity index (χ1n) is 4.21. The molecule has 0 aliphatic rings. The van der Waals surface area contributed by atoms with Crippen LogP contribution in [0.1, 0.15) is 12.0 Å². The molecule has 0 saturated carbocycles. The molecule has 14 heavy (non-hydrogen) atoms. The first-order chi connectivity index (χ1) is 6.63. The van der Waals surface area contributed by atoms with Crippen LogP contribution in [-0.4, -0.2) is 18.2 Å². The number of hydrogen-bond donors (Lipinski definition) is 2. The number of aliphatic carboxylic acids is 1. The molecule has 0 heterocycles. The quantitative estimate of drug-likeness (QED) is 0.750. The Labute approximate surface area is 88.1 Å². The molecule has 3 nitrogen and oxygen atoms in total. The second-order valence-electron chi connectivity index (χ2n) is 2.90. The number of carboxylic acids is 1. The van der Waals surface area contributed by atoms with Gasteiger partial charge in [0.2, 0.25) is 0 Å². The maximum Gasteiger partial charge on any atom is 0.303 e. The zero-order valence-corrected chi connectivity index (χ0v) is 8.75. The van der Waals surface area contributed by atoms with Crippen LogP contribution in [0.15, 0.2) is 23.1 Å². The topological polar surface area (TPSA) is 46.5 Å². The molecule has 0 amide bonds. The average Bonchev–Trinajstić information content (AvgIpc) is 2.16. The van der Waals surface area contributed by atoms with Gasteiger partial charge in [0.1, 0.15) is 5.75 Å². The van der Waals surface area contributed by atoms with Crippen LogP contribution in [0.5, 0.6) is 5.75 Å². The predicted octanol–water partition coefficient (Wildman–Crippen LogP) is 2.00. The first kappa shape index (κ1) is 10.9. The minimum atomic E-state index is -0.793. The summed E-state index contributed by atoms with van der Waals surface area (Å²) in [6, 6.07) is 5.47. The molecule has 0 aliphatic heterocycles. The third-order valence-electron chi connectivity index (χ3n) is 1.87. The molecular weight excluding hydrogens is 200 g/mol. The van der Waals surface area contributed by atoms with Crippen molar-refractivity contribution >= 4 is 18.6 Å². The van der Waals surface area contributed by atoms with Gasteiger partial charge in [0.15, 0.2) is 0 Å². The monoisotopic (exact) mass is 212 g/mol. The molecular formula is C10H12O3S. The normalized spacial score (nSPS) is 9.86. The molecule has 76 valence electrons. The van der Waals surface area contributed by atoms with Gasteiger partial charge in [-0.3, -0.25) is 4.79 Å². The smallest absolute Gasteiger partial charge is 0.303 e. The summed E-state index contributed by atoms with van der Waals surface area (Å²) in [5.74, 6) is -0.116. The fourth-order valence-electron chi connectivity index (χ4n) is 1.13. The lowest BCUT2D eigenvalue weighted by molar-refractivity contribution is -0.136. The molecule has 0 saturated heterocycles. The SMILES string of the molecule is COc1cc(CCC(=O)O)ccc1S. The number of ether oxygens (including phenoxy) is 1. The summed E-state index contributed by atoms with van der Waals surface area (Å²) in [4.78, 5) is 11.1. The van der Waals surface area contributed by atoms with Crippen molar-refractivity contribution in [3.05, 3.63) is 23.8 Å². The third kappa shape index (κ3) is 2.96. The summed E-state index contributed by atoms with van der Waals surface area (Å²) in [6.07, 6.45) is 0.648. The van der Waals surface area contributed by atoms with E-state index in [0.717, 1.165) is 10.5 Å². The Morgan fingerprint density at radius 3 is 2.86 bits per heavy atom. The number of thiol groups is 1. The number of aryl methyl sites for hydroxylation is 1. The van der Waals surface area contributed by atoms with E-state index in [4.69, 9.17) is 9.84 Å². The zero-order valence-electron chi connectivity index (χ0n) is 7.86. The highest BCUT2D eigenvalue weighted by atomic mass is 32.1. The minimum Gasteiger partial charge on any atom is -0.496 e. The lowest BCUT2D eigenvalue weighted by Crippen LogP contribution is -1.97. The Kier molecular flexibility index (Phi) is 3.83. The molecule has 0 aromatic heterocycles. The molecule has 0 spiro atoms. The van der Waals surface area contributed by atoms with Gasteiger partial charge < -0.3 is 9.84 Å². The van der Waals surface area contributed by atoms with Gasteiger partial charge in [-0.15, -0.1) is 12.6 Å². The first-order valence-corrected chi connectivity index (χ1v) is 4.66. The highest BCUT2D eigenvalue weighted by Gasteiger charge is 2.03. The molecule has 4 heteroatoms. The van der Waals surface area contributed by atoms with Crippen molar-refractivity contribution in [2.45, 2.75) is 17.7 Å². The number of rotatable bonds is 4. The summed E-state index contributed by atoms with van der Waals surface area (Å²) < 4.78 is 5.07. The van der Waals surface area contributed by atoms with Crippen LogP contribution in [0.4, 0.5) is 0 Å². The van der Waals surface area contributed by atoms with Crippen LogP contribution in [0.2, 0.25) is 0 Å². The van der Waals surface area contributed by atoms with E-state index in [-0.39, 0.29) is 6.42 Å². The Hall–Kier alpha value is -1.16. The van der Waals surface area contributed by atoms with E-state index in [2.05, 4.69) is 12.6 Å². The number of hydrogen-bond acceptors (Lipinski definition) is 3. The van der Waals surface area contributed by atoms with E-state index in [0.29, 0.717) is 12.2 Å². The van der Waals surface area contributed by atoms with Gasteiger partial charge in [0.05, 0.1) is 7.11 Å². The van der Waals surface area contributed by atoms with Gasteiger partial charge in [0, 0.05) is 11.3 Å². The molecule has 1 aromatic rings. The van der Waals surface area contributed by atoms with Crippen LogP contribution < -0.4 is 4.74 Å². The van der Waals surface area contributed by atoms with E-state index in [1.807, 2.05) is 12.1 Å². The van der Waals surface area contributed by atoms with Crippen molar-refractivity contribution in [2.24, 2.45) is 0 Å². The van der Waals surface area contributed by atoms with Gasteiger partial charge >= 0.3 is 5.97 Å². The highest BCUT2D eigenvalue weighted by Crippen LogP contribution is 2.23. The van der Waals surface area contributed by atoms with Gasteiger partial charge in [-0.2, -0.15) is 0 Å². The maximum absolute atomic E-state index is 10.3. The largest absolute Gasteiger partial charge is 0.496 e. The van der Waals surface area contributed by atoms with Gasteiger partial charge in [-0.1, -0.05) is 6.07 Å². The number of carbonyl (C=O) groups is 1. The summed E-state index contributed by atoms with van der Waals surface area (Å²) in [5, 5.41) is 8.51. The van der Waals surface area contributed by atoms with E-state index >= 15 is 0 Å². The lowest BCUT2D eigenvalue weighted by Gasteiger charge is -2.05. The fourth-order valence-corrected chi connectivity index (χ4v) is 1.36. The van der Waals surface area contributed by atoms with Crippen molar-refractivity contribution in [2.75, 3.05) is 7.11 Å². The van der Waals surface area contributed by atoms with E-state index in [9.17, 15) is 4.79 Å². The summed E-state index contributed by atoms with van der Waals surface area (Å²) in [7, 11) is 1.57. The number of benzene rings is 1. The molecule has 0 aliphatic carbocycles. The van der Waals surface area contributed by atoms with Crippen LogP contribution in [0, 0.1) is 0 Å². The van der Waals surface area contributed by atoms with Crippen molar-refractivity contribution < 1.29 is 14.6 Å². The molecule has 0 bridgehead atoms. The predicted molar refractivity (Wildman–Crippen MR) is 56.2 cm³/mol. The van der Waals surface area contributed by atoms with Gasteiger partial charge in [0.25, 0.3) is 0 Å². The van der Waals surface area contributed by atoms with E-state index < -0.39 is 5.97 Å². The van der Waals surface area contributed by atoms with Crippen LogP contribution in [0.25, 0.3) is 0 Å². The molecule has 1 aromatic carbocycles. The third-order valence-corrected chi connectivity index (χ3v) is 2.24. The number of methoxy groups -OCH3 is 1. The Morgan fingerprint density at radius 2 is 2.29 bits per heavy atom. The van der Waals surface area contributed by atoms with Crippen molar-refractivity contribution in [3.8, 4) is 5.75 Å². The molecule has 0 radical (unpaired) electrons. The minimum absolute atomic E-state index is 0.134. The number of carboxylic acid groups (broad SMARTS) is 1. The molecule has 0 fully saturated rings. The Morgan fingerprint density at radius 1 is 1.57 bits per heavy atom. The van der Waals surface area contributed by atoms with Crippen molar-refractivity contribution in [1.82, 2.24) is 0 Å². The molecule has 0 atom stereocenters. The standard InChI is InChI=1S/C10H12O3S/c1-13-8-6-7(2-4-9(8)14)3-5-10(11)12/h2,4,6,14H,3,5H2,1H3,(H,11,12). The summed E-state index contributed by atoms with van der Waals surface area (Å²) >= 11 is 4.19. The molecule has 1 N–H and O–H groups in total. The highest BCUT2D eigenvalue weighted by molar-refractivity contribution is 7.80. The van der Waals surface area contributed by atoms with Crippen LogP contribution >= 0.6 is 12.6 Å². The Balaban J connectivity index is 2.74. The molecule has 1 rings (SSSR count). The van der Waals surface area contributed by atoms with Crippen molar-refractivity contribution in [3.63, 3.8) is 0 Å². The second-order valence-corrected chi connectivity index (χ2v) is 3.38. The Bertz CT molecular complexity index is 336. The van der Waals surface area contributed by atoms with Crippen LogP contribution in [0.3, 0.4) is 0 Å². The maximum atomic E-state index is 10.3. The summed E-state index contributed by atoms with van der Waals surface area (Å²) in [6.45, 7) is 0. The van der Waals surface area contributed by atoms with E-state index in [1.54, 1.807) is 13.2 Å². The average molecular weight is 212 g/mol. The summed E-state index contributed by atoms with van der Waals surface area (Å²) in [5.41, 5.74) is 0.946. The molecule has 0 unspecified atom stereocenters. The van der Waals surface area contributed by atoms with E-state index in [1.165, 1.54) is 0 Å². The zero-order chi connectivity index (χ0) is 10.6. The fraction of sp³-hybridized carbons (Fsp3) is 0.300. The van der Waals surface area contributed by atoms with Gasteiger partial charge in [-0.05, 0) is 24.1 Å². The lowest BCUT2D eigenvalue weighted by atomic mass is 10.1. The second kappa shape index (κ2) is 4.91. The van der Waals surface area contributed by atoms with Crippen LogP contribution in [-0.2, 0) is 11.2 Å². The van der Waals surface area contributed by atoms with Gasteiger partial charge in [-0.25, -0.2) is 0 Å². The van der Waals surface area contributed by atoms with Crippen molar-refractivity contribution in [1.29, 1.82) is 0 Å².